The van der Waals surface area contributed by atoms with Crippen molar-refractivity contribution in [2.45, 2.75) is 45.4 Å². The number of carbonyl (C=O) groups is 1. The number of rotatable bonds is 7. The predicted octanol–water partition coefficient (Wildman–Crippen LogP) is 3.48. The van der Waals surface area contributed by atoms with Crippen LogP contribution in [0.25, 0.3) is 0 Å². The van der Waals surface area contributed by atoms with Gasteiger partial charge in [0.15, 0.2) is 0 Å². The zero-order chi connectivity index (χ0) is 12.7. The predicted molar refractivity (Wildman–Crippen MR) is 70.3 cm³/mol. The van der Waals surface area contributed by atoms with Crippen molar-refractivity contribution in [1.82, 2.24) is 0 Å². The van der Waals surface area contributed by atoms with E-state index in [1.807, 2.05) is 0 Å². The molecule has 0 saturated carbocycles. The van der Waals surface area contributed by atoms with Crippen LogP contribution in [-0.2, 0) is 6.42 Å². The van der Waals surface area contributed by atoms with Crippen molar-refractivity contribution >= 4 is 11.7 Å². The van der Waals surface area contributed by atoms with Gasteiger partial charge in [0.05, 0.1) is 5.56 Å². The highest BCUT2D eigenvalue weighted by Gasteiger charge is 2.09. The first-order chi connectivity index (χ1) is 8.15. The smallest absolute Gasteiger partial charge is 0.335 e. The number of aryl methyl sites for hydroxylation is 1. The highest BCUT2D eigenvalue weighted by atomic mass is 16.4. The largest absolute Gasteiger partial charge is 0.478 e. The van der Waals surface area contributed by atoms with Crippen molar-refractivity contribution < 1.29 is 9.90 Å². The van der Waals surface area contributed by atoms with Crippen molar-refractivity contribution in [3.63, 3.8) is 0 Å². The molecule has 0 aromatic heterocycles. The Labute approximate surface area is 103 Å². The summed E-state index contributed by atoms with van der Waals surface area (Å²) in [5.74, 6) is -0.867. The standard InChI is InChI=1S/C14H21NO2/c1-2-3-4-5-6-7-11-10-12(15)8-9-13(11)14(16)17/h8-10H,2-7,15H2,1H3,(H,16,17). The fraction of sp³-hybridized carbons (Fsp3) is 0.500. The number of carboxylic acid groups (broad SMARTS) is 1. The molecule has 3 N–H and O–H groups in total. The van der Waals surface area contributed by atoms with Crippen LogP contribution < -0.4 is 5.73 Å². The zero-order valence-corrected chi connectivity index (χ0v) is 10.4. The van der Waals surface area contributed by atoms with Crippen molar-refractivity contribution in [2.24, 2.45) is 0 Å². The number of hydrogen-bond acceptors (Lipinski definition) is 2. The van der Waals surface area contributed by atoms with Crippen LogP contribution in [0.5, 0.6) is 0 Å². The average Bonchev–Trinajstić information content (AvgIpc) is 2.28. The molecule has 0 aliphatic heterocycles. The summed E-state index contributed by atoms with van der Waals surface area (Å²) < 4.78 is 0. The molecule has 0 aliphatic carbocycles. The van der Waals surface area contributed by atoms with E-state index in [9.17, 15) is 4.79 Å². The third-order valence-corrected chi connectivity index (χ3v) is 2.91. The Morgan fingerprint density at radius 1 is 1.24 bits per heavy atom. The van der Waals surface area contributed by atoms with E-state index < -0.39 is 5.97 Å². The molecule has 0 atom stereocenters. The molecular weight excluding hydrogens is 214 g/mol. The van der Waals surface area contributed by atoms with E-state index in [-0.39, 0.29) is 0 Å². The van der Waals surface area contributed by atoms with E-state index in [1.54, 1.807) is 18.2 Å². The van der Waals surface area contributed by atoms with Crippen molar-refractivity contribution in [1.29, 1.82) is 0 Å². The van der Waals surface area contributed by atoms with E-state index in [0.717, 1.165) is 24.8 Å². The molecular formula is C14H21NO2. The lowest BCUT2D eigenvalue weighted by Crippen LogP contribution is -2.03. The van der Waals surface area contributed by atoms with Gasteiger partial charge < -0.3 is 10.8 Å². The van der Waals surface area contributed by atoms with Gasteiger partial charge in [0, 0.05) is 5.69 Å². The highest BCUT2D eigenvalue weighted by molar-refractivity contribution is 5.89. The van der Waals surface area contributed by atoms with E-state index >= 15 is 0 Å². The summed E-state index contributed by atoms with van der Waals surface area (Å²) in [5, 5.41) is 9.06. The molecule has 17 heavy (non-hydrogen) atoms. The molecule has 0 amide bonds. The van der Waals surface area contributed by atoms with Gasteiger partial charge in [-0.15, -0.1) is 0 Å². The van der Waals surface area contributed by atoms with E-state index in [4.69, 9.17) is 10.8 Å². The van der Waals surface area contributed by atoms with Gasteiger partial charge in [0.25, 0.3) is 0 Å². The maximum absolute atomic E-state index is 11.0. The molecule has 0 radical (unpaired) electrons. The number of nitrogens with two attached hydrogens (primary N) is 1. The van der Waals surface area contributed by atoms with E-state index in [2.05, 4.69) is 6.92 Å². The van der Waals surface area contributed by atoms with Crippen LogP contribution >= 0.6 is 0 Å². The summed E-state index contributed by atoms with van der Waals surface area (Å²) in [7, 11) is 0. The highest BCUT2D eigenvalue weighted by Crippen LogP contribution is 2.17. The van der Waals surface area contributed by atoms with E-state index in [0.29, 0.717) is 11.3 Å². The van der Waals surface area contributed by atoms with Crippen molar-refractivity contribution in [2.75, 3.05) is 5.73 Å². The second kappa shape index (κ2) is 6.94. The maximum atomic E-state index is 11.0. The van der Waals surface area contributed by atoms with Crippen LogP contribution in [0.15, 0.2) is 18.2 Å². The molecule has 3 nitrogen and oxygen atoms in total. The number of anilines is 1. The lowest BCUT2D eigenvalue weighted by molar-refractivity contribution is 0.0695. The quantitative estimate of drug-likeness (QED) is 0.561. The Kier molecular flexibility index (Phi) is 5.53. The molecule has 0 fully saturated rings. The van der Waals surface area contributed by atoms with E-state index in [1.165, 1.54) is 19.3 Å². The number of carboxylic acids is 1. The summed E-state index contributed by atoms with van der Waals surface area (Å²) in [6.07, 6.45) is 6.68. The molecule has 0 saturated heterocycles. The minimum atomic E-state index is -0.867. The third kappa shape index (κ3) is 4.47. The second-order valence-electron chi connectivity index (χ2n) is 4.39. The van der Waals surface area contributed by atoms with Gasteiger partial charge in [-0.3, -0.25) is 0 Å². The maximum Gasteiger partial charge on any atom is 0.335 e. The third-order valence-electron chi connectivity index (χ3n) is 2.91. The molecule has 94 valence electrons. The number of aromatic carboxylic acids is 1. The normalized spacial score (nSPS) is 10.4. The lowest BCUT2D eigenvalue weighted by Gasteiger charge is -2.07. The molecule has 0 aliphatic rings. The Balaban J connectivity index is 2.56. The number of benzene rings is 1. The molecule has 0 unspecified atom stereocenters. The SMILES string of the molecule is CCCCCCCc1cc(N)ccc1C(=O)O. The van der Waals surface area contributed by atoms with Gasteiger partial charge in [-0.1, -0.05) is 32.6 Å². The van der Waals surface area contributed by atoms with Crippen molar-refractivity contribution in [3.05, 3.63) is 29.3 Å². The summed E-state index contributed by atoms with van der Waals surface area (Å²) in [5.41, 5.74) is 7.56. The fourth-order valence-corrected chi connectivity index (χ4v) is 1.95. The molecule has 0 spiro atoms. The molecule has 1 rings (SSSR count). The average molecular weight is 235 g/mol. The first-order valence-corrected chi connectivity index (χ1v) is 6.27. The van der Waals surface area contributed by atoms with Gasteiger partial charge in [-0.05, 0) is 36.6 Å². The zero-order valence-electron chi connectivity index (χ0n) is 10.4. The van der Waals surface area contributed by atoms with Crippen LogP contribution in [0.4, 0.5) is 5.69 Å². The first-order valence-electron chi connectivity index (χ1n) is 6.27. The number of hydrogen-bond donors (Lipinski definition) is 2. The second-order valence-corrected chi connectivity index (χ2v) is 4.39. The monoisotopic (exact) mass is 235 g/mol. The summed E-state index contributed by atoms with van der Waals surface area (Å²) in [4.78, 5) is 11.0. The minimum absolute atomic E-state index is 0.384. The number of nitrogen functional groups attached to an aromatic ring is 1. The van der Waals surface area contributed by atoms with Crippen LogP contribution in [0.1, 0.15) is 54.9 Å². The van der Waals surface area contributed by atoms with Crippen LogP contribution in [-0.4, -0.2) is 11.1 Å². The Morgan fingerprint density at radius 2 is 1.94 bits per heavy atom. The van der Waals surface area contributed by atoms with Crippen LogP contribution in [0, 0.1) is 0 Å². The topological polar surface area (TPSA) is 63.3 Å². The van der Waals surface area contributed by atoms with Gasteiger partial charge >= 0.3 is 5.97 Å². The van der Waals surface area contributed by atoms with Gasteiger partial charge in [-0.2, -0.15) is 0 Å². The fourth-order valence-electron chi connectivity index (χ4n) is 1.95. The molecule has 3 heteroatoms. The molecule has 0 heterocycles. The van der Waals surface area contributed by atoms with Crippen LogP contribution in [0.3, 0.4) is 0 Å². The molecule has 1 aromatic rings. The lowest BCUT2D eigenvalue weighted by atomic mass is 10.00. The summed E-state index contributed by atoms with van der Waals surface area (Å²) >= 11 is 0. The summed E-state index contributed by atoms with van der Waals surface area (Å²) in [6.45, 7) is 2.18. The Hall–Kier alpha value is -1.51. The van der Waals surface area contributed by atoms with Gasteiger partial charge in [0.2, 0.25) is 0 Å². The Bertz CT molecular complexity index is 374. The summed E-state index contributed by atoms with van der Waals surface area (Å²) in [6, 6.07) is 5.02. The van der Waals surface area contributed by atoms with Crippen molar-refractivity contribution in [3.8, 4) is 0 Å². The van der Waals surface area contributed by atoms with Gasteiger partial charge in [-0.25, -0.2) is 4.79 Å². The molecule has 1 aromatic carbocycles. The minimum Gasteiger partial charge on any atom is -0.478 e. The van der Waals surface area contributed by atoms with Gasteiger partial charge in [0.1, 0.15) is 0 Å². The van der Waals surface area contributed by atoms with Crippen LogP contribution in [0.2, 0.25) is 0 Å². The Morgan fingerprint density at radius 3 is 2.59 bits per heavy atom. The first kappa shape index (κ1) is 13.6. The molecule has 0 bridgehead atoms. The number of unbranched alkanes of at least 4 members (excludes halogenated alkanes) is 4.